The Labute approximate surface area is 201 Å². The first kappa shape index (κ1) is 24.8. The number of H-pyrrole nitrogens is 1. The molecule has 4 N–H and O–H groups in total. The molecular formula is C24H31BrN4O4. The molecule has 0 bridgehead atoms. The first-order valence-electron chi connectivity index (χ1n) is 11.1. The third-order valence-corrected chi connectivity index (χ3v) is 6.92. The van der Waals surface area contributed by atoms with E-state index in [2.05, 4.69) is 36.4 Å². The van der Waals surface area contributed by atoms with E-state index in [0.29, 0.717) is 11.1 Å². The zero-order valence-corrected chi connectivity index (χ0v) is 21.0. The average Bonchev–Trinajstić information content (AvgIpc) is 2.73. The van der Waals surface area contributed by atoms with Gasteiger partial charge in [0.25, 0.3) is 11.5 Å². The van der Waals surface area contributed by atoms with Gasteiger partial charge in [-0.25, -0.2) is 4.79 Å². The molecule has 178 valence electrons. The predicted octanol–water partition coefficient (Wildman–Crippen LogP) is 4.01. The van der Waals surface area contributed by atoms with Gasteiger partial charge in [0.1, 0.15) is 0 Å². The quantitative estimate of drug-likeness (QED) is 0.461. The number of anilines is 1. The van der Waals surface area contributed by atoms with Gasteiger partial charge in [0.2, 0.25) is 0 Å². The average molecular weight is 519 g/mol. The van der Waals surface area contributed by atoms with E-state index < -0.39 is 6.09 Å². The van der Waals surface area contributed by atoms with Crippen LogP contribution in [0.5, 0.6) is 0 Å². The number of amides is 2. The summed E-state index contributed by atoms with van der Waals surface area (Å²) in [7, 11) is 2.02. The third-order valence-electron chi connectivity index (χ3n) is 6.46. The van der Waals surface area contributed by atoms with E-state index in [0.717, 1.165) is 52.7 Å². The minimum atomic E-state index is -0.979. The molecule has 1 aliphatic carbocycles. The van der Waals surface area contributed by atoms with Crippen LogP contribution in [0.2, 0.25) is 0 Å². The molecule has 2 amide bonds. The van der Waals surface area contributed by atoms with Crippen LogP contribution in [0.3, 0.4) is 0 Å². The molecule has 0 saturated heterocycles. The number of nitrogens with zero attached hydrogens (tertiary/aromatic N) is 1. The van der Waals surface area contributed by atoms with Crippen LogP contribution in [0.15, 0.2) is 27.5 Å². The van der Waals surface area contributed by atoms with Gasteiger partial charge in [-0.05, 0) is 75.8 Å². The maximum Gasteiger partial charge on any atom is 0.404 e. The lowest BCUT2D eigenvalue weighted by molar-refractivity contribution is 0.0950. The van der Waals surface area contributed by atoms with Crippen molar-refractivity contribution in [2.75, 3.05) is 11.9 Å². The number of halogens is 1. The Kier molecular flexibility index (Phi) is 7.84. The van der Waals surface area contributed by atoms with E-state index in [-0.39, 0.29) is 30.1 Å². The van der Waals surface area contributed by atoms with Crippen molar-refractivity contribution in [3.8, 4) is 0 Å². The lowest BCUT2D eigenvalue weighted by Gasteiger charge is -2.37. The Hall–Kier alpha value is -2.81. The fraction of sp³-hybridized carbons (Fsp3) is 0.458. The molecule has 0 radical (unpaired) electrons. The fourth-order valence-electron chi connectivity index (χ4n) is 4.61. The summed E-state index contributed by atoms with van der Waals surface area (Å²) in [6, 6.07) is 5.94. The molecule has 1 aromatic carbocycles. The van der Waals surface area contributed by atoms with E-state index in [1.54, 1.807) is 6.07 Å². The summed E-state index contributed by atoms with van der Waals surface area (Å²) in [6.45, 7) is 5.77. The number of carboxylic acid groups (broad SMARTS) is 1. The van der Waals surface area contributed by atoms with Crippen LogP contribution in [-0.2, 0) is 6.54 Å². The van der Waals surface area contributed by atoms with E-state index in [1.807, 2.05) is 40.0 Å². The summed E-state index contributed by atoms with van der Waals surface area (Å²) in [5.41, 5.74) is 4.35. The van der Waals surface area contributed by atoms with Gasteiger partial charge in [0.15, 0.2) is 0 Å². The van der Waals surface area contributed by atoms with Crippen molar-refractivity contribution in [1.82, 2.24) is 15.6 Å². The second kappa shape index (κ2) is 10.4. The number of rotatable bonds is 6. The van der Waals surface area contributed by atoms with Gasteiger partial charge < -0.3 is 25.6 Å². The number of hydrogen-bond acceptors (Lipinski definition) is 4. The van der Waals surface area contributed by atoms with E-state index in [1.165, 1.54) is 0 Å². The molecule has 1 heterocycles. The van der Waals surface area contributed by atoms with E-state index in [9.17, 15) is 14.4 Å². The van der Waals surface area contributed by atoms with Gasteiger partial charge in [-0.3, -0.25) is 9.59 Å². The summed E-state index contributed by atoms with van der Waals surface area (Å²) in [4.78, 5) is 41.2. The maximum atomic E-state index is 13.1. The van der Waals surface area contributed by atoms with Gasteiger partial charge in [-0.15, -0.1) is 0 Å². The highest BCUT2D eigenvalue weighted by Crippen LogP contribution is 2.32. The summed E-state index contributed by atoms with van der Waals surface area (Å²) in [5, 5.41) is 14.4. The Morgan fingerprint density at radius 3 is 2.42 bits per heavy atom. The van der Waals surface area contributed by atoms with Gasteiger partial charge in [-0.2, -0.15) is 0 Å². The molecule has 0 spiro atoms. The predicted molar refractivity (Wildman–Crippen MR) is 132 cm³/mol. The largest absolute Gasteiger partial charge is 0.465 e. The molecule has 2 aromatic rings. The molecule has 1 aromatic heterocycles. The second-order valence-corrected chi connectivity index (χ2v) is 9.70. The van der Waals surface area contributed by atoms with Crippen LogP contribution in [-0.4, -0.2) is 41.2 Å². The minimum absolute atomic E-state index is 0.00882. The van der Waals surface area contributed by atoms with Crippen molar-refractivity contribution in [1.29, 1.82) is 0 Å². The first-order chi connectivity index (χ1) is 15.6. The lowest BCUT2D eigenvalue weighted by Crippen LogP contribution is -2.42. The zero-order chi connectivity index (χ0) is 24.3. The molecule has 8 nitrogen and oxygen atoms in total. The molecule has 3 rings (SSSR count). The smallest absolute Gasteiger partial charge is 0.404 e. The second-order valence-electron chi connectivity index (χ2n) is 8.79. The SMILES string of the molecule is Cc1cc(C)c(CNC(=O)c2cc(Br)cc(N(C)[C@H]3CC[C@H](NC(=O)O)CC3)c2C)c(=O)[nH]1. The number of aromatic nitrogens is 1. The molecular weight excluding hydrogens is 488 g/mol. The Morgan fingerprint density at radius 1 is 1.15 bits per heavy atom. The van der Waals surface area contributed by atoms with Crippen LogP contribution < -0.4 is 21.1 Å². The normalized spacial score (nSPS) is 18.0. The molecule has 1 fully saturated rings. The molecule has 0 unspecified atom stereocenters. The van der Waals surface area contributed by atoms with Crippen LogP contribution in [0.25, 0.3) is 0 Å². The van der Waals surface area contributed by atoms with Crippen molar-refractivity contribution in [2.45, 2.75) is 65.1 Å². The topological polar surface area (TPSA) is 115 Å². The third kappa shape index (κ3) is 5.96. The molecule has 33 heavy (non-hydrogen) atoms. The summed E-state index contributed by atoms with van der Waals surface area (Å²) in [6.07, 6.45) is 2.32. The Bertz CT molecular complexity index is 1110. The van der Waals surface area contributed by atoms with Gasteiger partial charge in [-0.1, -0.05) is 15.9 Å². The number of benzene rings is 1. The number of pyridine rings is 1. The highest BCUT2D eigenvalue weighted by Gasteiger charge is 2.27. The number of nitrogens with one attached hydrogen (secondary N) is 3. The number of carbonyl (C=O) groups excluding carboxylic acids is 1. The summed E-state index contributed by atoms with van der Waals surface area (Å²) >= 11 is 3.53. The number of aromatic amines is 1. The molecule has 0 atom stereocenters. The number of carbonyl (C=O) groups is 2. The molecule has 9 heteroatoms. The molecule has 1 aliphatic rings. The first-order valence-corrected chi connectivity index (χ1v) is 11.9. The monoisotopic (exact) mass is 518 g/mol. The minimum Gasteiger partial charge on any atom is -0.465 e. The Morgan fingerprint density at radius 2 is 1.82 bits per heavy atom. The highest BCUT2D eigenvalue weighted by atomic mass is 79.9. The van der Waals surface area contributed by atoms with Crippen molar-refractivity contribution < 1.29 is 14.7 Å². The van der Waals surface area contributed by atoms with E-state index >= 15 is 0 Å². The van der Waals surface area contributed by atoms with E-state index in [4.69, 9.17) is 5.11 Å². The molecule has 1 saturated carbocycles. The Balaban J connectivity index is 1.75. The number of aryl methyl sites for hydroxylation is 2. The molecule has 0 aliphatic heterocycles. The van der Waals surface area contributed by atoms with Gasteiger partial charge >= 0.3 is 6.09 Å². The fourth-order valence-corrected chi connectivity index (χ4v) is 5.06. The zero-order valence-electron chi connectivity index (χ0n) is 19.4. The van der Waals surface area contributed by atoms with Crippen molar-refractivity contribution in [3.63, 3.8) is 0 Å². The van der Waals surface area contributed by atoms with Crippen LogP contribution in [0.1, 0.15) is 58.4 Å². The summed E-state index contributed by atoms with van der Waals surface area (Å²) in [5.74, 6) is -0.239. The highest BCUT2D eigenvalue weighted by molar-refractivity contribution is 9.10. The van der Waals surface area contributed by atoms with Crippen LogP contribution in [0, 0.1) is 20.8 Å². The maximum absolute atomic E-state index is 13.1. The summed E-state index contributed by atoms with van der Waals surface area (Å²) < 4.78 is 0.797. The lowest BCUT2D eigenvalue weighted by atomic mass is 9.89. The van der Waals surface area contributed by atoms with Gasteiger partial charge in [0, 0.05) is 52.7 Å². The van der Waals surface area contributed by atoms with Gasteiger partial charge in [0.05, 0.1) is 0 Å². The standard InChI is InChI=1S/C24H31BrN4O4/c1-13-9-14(2)27-23(31)20(13)12-26-22(30)19-10-16(25)11-21(15(19)3)29(4)18-7-5-17(6-8-18)28-24(32)33/h9-11,17-18,28H,5-8,12H2,1-4H3,(H,26,30)(H,27,31)(H,32,33)/t17-,18-. The van der Waals surface area contributed by atoms with Crippen molar-refractivity contribution >= 4 is 33.6 Å². The van der Waals surface area contributed by atoms with Crippen molar-refractivity contribution in [3.05, 3.63) is 61.0 Å². The van der Waals surface area contributed by atoms with Crippen LogP contribution in [0.4, 0.5) is 10.5 Å². The van der Waals surface area contributed by atoms with Crippen LogP contribution >= 0.6 is 15.9 Å². The number of hydrogen-bond donors (Lipinski definition) is 4. The van der Waals surface area contributed by atoms with Crippen molar-refractivity contribution in [2.24, 2.45) is 0 Å².